The zero-order valence-corrected chi connectivity index (χ0v) is 21.0. The van der Waals surface area contributed by atoms with E-state index in [4.69, 9.17) is 0 Å². The zero-order chi connectivity index (χ0) is 28.4. The lowest BCUT2D eigenvalue weighted by atomic mass is 10.0. The van der Waals surface area contributed by atoms with Crippen molar-refractivity contribution in [3.8, 4) is 0 Å². The van der Waals surface area contributed by atoms with Crippen molar-refractivity contribution in [3.05, 3.63) is 117 Å². The maximum absolute atomic E-state index is 15.0. The van der Waals surface area contributed by atoms with E-state index in [-0.39, 0.29) is 29.8 Å². The molecule has 0 fully saturated rings. The van der Waals surface area contributed by atoms with Gasteiger partial charge in [-0.25, -0.2) is 23.1 Å². The molecule has 0 atom stereocenters. The molecule has 202 valence electrons. The van der Waals surface area contributed by atoms with Gasteiger partial charge >= 0.3 is 0 Å². The lowest BCUT2D eigenvalue weighted by Gasteiger charge is -2.08. The molecular weight excluding hydrogens is 525 g/mol. The second-order valence-electron chi connectivity index (χ2n) is 8.94. The van der Waals surface area contributed by atoms with Gasteiger partial charge in [0.1, 0.15) is 11.4 Å². The fraction of sp³-hybridized carbons (Fsp3) is 0.107. The number of H-pyrrole nitrogens is 1. The van der Waals surface area contributed by atoms with E-state index >= 15 is 0 Å². The molecule has 1 aliphatic rings. The van der Waals surface area contributed by atoms with E-state index in [1.165, 1.54) is 24.8 Å². The predicted octanol–water partition coefficient (Wildman–Crippen LogP) is 3.68. The number of carbonyl (C=O) groups is 2. The number of hydrogen-bond acceptors (Lipinski definition) is 5. The molecule has 2 aromatic carbocycles. The smallest absolute Gasteiger partial charge is 0.266 e. The van der Waals surface area contributed by atoms with Crippen molar-refractivity contribution in [2.24, 2.45) is 0 Å². The molecule has 12 heteroatoms. The molecule has 0 radical (unpaired) electrons. The van der Waals surface area contributed by atoms with Crippen LogP contribution in [0.2, 0.25) is 0 Å². The van der Waals surface area contributed by atoms with Gasteiger partial charge in [0.25, 0.3) is 17.4 Å². The minimum atomic E-state index is -1.05. The summed E-state index contributed by atoms with van der Waals surface area (Å²) in [6.45, 7) is 1.66. The highest BCUT2D eigenvalue weighted by Gasteiger charge is 2.28. The van der Waals surface area contributed by atoms with E-state index in [0.717, 1.165) is 22.9 Å². The summed E-state index contributed by atoms with van der Waals surface area (Å²) in [6, 6.07) is 6.11. The summed E-state index contributed by atoms with van der Waals surface area (Å²) >= 11 is 0. The summed E-state index contributed by atoms with van der Waals surface area (Å²) in [4.78, 5) is 48.7. The van der Waals surface area contributed by atoms with E-state index in [1.807, 2.05) is 0 Å². The fourth-order valence-corrected chi connectivity index (χ4v) is 4.20. The van der Waals surface area contributed by atoms with Gasteiger partial charge < -0.3 is 15.6 Å². The van der Waals surface area contributed by atoms with E-state index in [2.05, 4.69) is 25.6 Å². The highest BCUT2D eigenvalue weighted by Crippen LogP contribution is 2.36. The molecule has 0 saturated carbocycles. The molecule has 2 aromatic heterocycles. The molecule has 9 nitrogen and oxygen atoms in total. The van der Waals surface area contributed by atoms with Gasteiger partial charge in [0.05, 0.1) is 41.8 Å². The van der Waals surface area contributed by atoms with Gasteiger partial charge in [-0.2, -0.15) is 0 Å². The Morgan fingerprint density at radius 2 is 1.93 bits per heavy atom. The Balaban J connectivity index is 1.26. The maximum Gasteiger partial charge on any atom is 0.266 e. The number of amides is 2. The van der Waals surface area contributed by atoms with Crippen LogP contribution in [0.25, 0.3) is 17.7 Å². The lowest BCUT2D eigenvalue weighted by molar-refractivity contribution is -0.110. The van der Waals surface area contributed by atoms with Crippen LogP contribution in [0.3, 0.4) is 0 Å². The standard InChI is InChI=1S/C28H21F3N6O3/c1-15-23(35-13-34-15)10-18-25-22(31)7-16(9-24(25)36-27(18)39)3-2-6-33-26(38)19-11-32-14-37(28(19)40)12-17-4-5-20(29)21(30)8-17/h2-5,7-11,13-14H,6,12H2,1H3,(H,33,38)(H,34,35)(H,36,39). The molecule has 0 spiro atoms. The minimum Gasteiger partial charge on any atom is -0.348 e. The second-order valence-corrected chi connectivity index (χ2v) is 8.94. The van der Waals surface area contributed by atoms with Gasteiger partial charge in [-0.1, -0.05) is 18.2 Å². The van der Waals surface area contributed by atoms with Crippen molar-refractivity contribution >= 4 is 35.2 Å². The van der Waals surface area contributed by atoms with Gasteiger partial charge in [-0.3, -0.25) is 19.0 Å². The predicted molar refractivity (Wildman–Crippen MR) is 142 cm³/mol. The highest BCUT2D eigenvalue weighted by atomic mass is 19.2. The maximum atomic E-state index is 15.0. The average Bonchev–Trinajstić information content (AvgIpc) is 3.47. The van der Waals surface area contributed by atoms with Crippen molar-refractivity contribution < 1.29 is 22.8 Å². The number of aromatic amines is 1. The Labute approximate surface area is 225 Å². The first kappa shape index (κ1) is 26.4. The number of imidazole rings is 1. The Kier molecular flexibility index (Phi) is 7.15. The zero-order valence-electron chi connectivity index (χ0n) is 21.0. The van der Waals surface area contributed by atoms with E-state index < -0.39 is 34.8 Å². The summed E-state index contributed by atoms with van der Waals surface area (Å²) in [7, 11) is 0. The molecular formula is C28H21F3N6O3. The molecule has 4 aromatic rings. The molecule has 2 amide bonds. The Hall–Kier alpha value is -5.26. The molecule has 0 aliphatic carbocycles. The molecule has 0 unspecified atom stereocenters. The van der Waals surface area contributed by atoms with Gasteiger partial charge in [0, 0.05) is 18.3 Å². The second kappa shape index (κ2) is 10.8. The van der Waals surface area contributed by atoms with Crippen LogP contribution in [-0.4, -0.2) is 37.9 Å². The number of benzene rings is 2. The van der Waals surface area contributed by atoms with Crippen LogP contribution in [0, 0.1) is 24.4 Å². The lowest BCUT2D eigenvalue weighted by Crippen LogP contribution is -2.33. The van der Waals surface area contributed by atoms with Crippen LogP contribution in [0.4, 0.5) is 18.9 Å². The first-order valence-corrected chi connectivity index (χ1v) is 12.0. The number of nitrogens with zero attached hydrogens (tertiary/aromatic N) is 3. The van der Waals surface area contributed by atoms with Crippen LogP contribution in [0.1, 0.15) is 38.4 Å². The summed E-state index contributed by atoms with van der Waals surface area (Å²) in [5.74, 6) is -3.79. The normalized spacial score (nSPS) is 13.6. The van der Waals surface area contributed by atoms with E-state index in [1.54, 1.807) is 31.2 Å². The molecule has 0 saturated heterocycles. The van der Waals surface area contributed by atoms with Crippen molar-refractivity contribution in [3.63, 3.8) is 0 Å². The summed E-state index contributed by atoms with van der Waals surface area (Å²) in [6.07, 6.45) is 8.44. The van der Waals surface area contributed by atoms with Crippen LogP contribution in [0.15, 0.2) is 60.1 Å². The number of hydrogen-bond donors (Lipinski definition) is 3. The minimum absolute atomic E-state index is 0.00561. The number of carbonyl (C=O) groups excluding carboxylic acids is 2. The van der Waals surface area contributed by atoms with Crippen LogP contribution < -0.4 is 16.2 Å². The first-order chi connectivity index (χ1) is 19.2. The average molecular weight is 547 g/mol. The highest BCUT2D eigenvalue weighted by molar-refractivity contribution is 6.35. The number of fused-ring (bicyclic) bond motifs is 1. The third-order valence-electron chi connectivity index (χ3n) is 6.20. The summed E-state index contributed by atoms with van der Waals surface area (Å²) < 4.78 is 42.8. The largest absolute Gasteiger partial charge is 0.348 e. The number of aromatic nitrogens is 4. The third kappa shape index (κ3) is 5.32. The first-order valence-electron chi connectivity index (χ1n) is 12.0. The molecule has 5 rings (SSSR count). The van der Waals surface area contributed by atoms with Crippen LogP contribution in [0.5, 0.6) is 0 Å². The van der Waals surface area contributed by atoms with Crippen LogP contribution in [-0.2, 0) is 11.3 Å². The Morgan fingerprint density at radius 1 is 1.10 bits per heavy atom. The molecule has 3 N–H and O–H groups in total. The molecule has 0 bridgehead atoms. The fourth-order valence-electron chi connectivity index (χ4n) is 4.20. The Bertz CT molecular complexity index is 1770. The number of aryl methyl sites for hydroxylation is 1. The molecule has 40 heavy (non-hydrogen) atoms. The van der Waals surface area contributed by atoms with Crippen molar-refractivity contribution in [1.29, 1.82) is 0 Å². The summed E-state index contributed by atoms with van der Waals surface area (Å²) in [5.41, 5.74) is 1.78. The van der Waals surface area contributed by atoms with E-state index in [0.29, 0.717) is 28.2 Å². The summed E-state index contributed by atoms with van der Waals surface area (Å²) in [5, 5.41) is 5.21. The van der Waals surface area contributed by atoms with Crippen LogP contribution >= 0.6 is 0 Å². The SMILES string of the molecule is Cc1nc[nH]c1C=C1C(=O)Nc2cc(C=CCNC(=O)c3cncn(Cc4ccc(F)c(F)c4)c3=O)cc(F)c21. The monoisotopic (exact) mass is 546 g/mol. The number of rotatable bonds is 7. The number of anilines is 1. The van der Waals surface area contributed by atoms with Crippen molar-refractivity contribution in [2.45, 2.75) is 13.5 Å². The van der Waals surface area contributed by atoms with Gasteiger partial charge in [-0.15, -0.1) is 0 Å². The van der Waals surface area contributed by atoms with Gasteiger partial charge in [-0.05, 0) is 48.4 Å². The van der Waals surface area contributed by atoms with Gasteiger partial charge in [0.15, 0.2) is 11.6 Å². The topological polar surface area (TPSA) is 122 Å². The quantitative estimate of drug-likeness (QED) is 0.306. The molecule has 3 heterocycles. The third-order valence-corrected chi connectivity index (χ3v) is 6.20. The number of halogens is 3. The van der Waals surface area contributed by atoms with E-state index in [9.17, 15) is 27.6 Å². The van der Waals surface area contributed by atoms with Crippen molar-refractivity contribution in [1.82, 2.24) is 24.8 Å². The number of nitrogens with one attached hydrogen (secondary N) is 3. The molecule has 1 aliphatic heterocycles. The van der Waals surface area contributed by atoms with Crippen molar-refractivity contribution in [2.75, 3.05) is 11.9 Å². The van der Waals surface area contributed by atoms with Gasteiger partial charge in [0.2, 0.25) is 0 Å². The Morgan fingerprint density at radius 3 is 2.67 bits per heavy atom.